The highest BCUT2D eigenvalue weighted by Gasteiger charge is 2.45. The Morgan fingerprint density at radius 3 is 3.05 bits per heavy atom. The molecule has 1 N–H and O–H groups in total. The van der Waals surface area contributed by atoms with Crippen LogP contribution >= 0.6 is 0 Å². The summed E-state index contributed by atoms with van der Waals surface area (Å²) in [6.07, 6.45) is 3.13. The van der Waals surface area contributed by atoms with Gasteiger partial charge in [0, 0.05) is 19.6 Å². The molecule has 1 aromatic rings. The van der Waals surface area contributed by atoms with Gasteiger partial charge >= 0.3 is 0 Å². The number of rotatable bonds is 3. The van der Waals surface area contributed by atoms with E-state index in [9.17, 15) is 4.79 Å². The summed E-state index contributed by atoms with van der Waals surface area (Å²) in [6.45, 7) is 3.38. The van der Waals surface area contributed by atoms with Crippen molar-refractivity contribution in [3.05, 3.63) is 29.8 Å². The summed E-state index contributed by atoms with van der Waals surface area (Å²) in [5.74, 6) is 1.18. The lowest BCUT2D eigenvalue weighted by molar-refractivity contribution is -0.145. The number of nitrogens with zero attached hydrogens (tertiary/aromatic N) is 1. The molecule has 0 radical (unpaired) electrons. The molecule has 0 unspecified atom stereocenters. The fourth-order valence-corrected chi connectivity index (χ4v) is 3.43. The van der Waals surface area contributed by atoms with Gasteiger partial charge in [0.1, 0.15) is 5.75 Å². The van der Waals surface area contributed by atoms with Crippen molar-refractivity contribution in [2.45, 2.75) is 25.8 Å². The molecular weight excluding hydrogens is 252 g/mol. The maximum Gasteiger partial charge on any atom is 0.230 e. The van der Waals surface area contributed by atoms with E-state index >= 15 is 0 Å². The number of hydrogen-bond acceptors (Lipinski definition) is 3. The normalized spacial score (nSPS) is 26.2. The molecule has 4 heteroatoms. The van der Waals surface area contributed by atoms with Crippen LogP contribution in [0.3, 0.4) is 0 Å². The van der Waals surface area contributed by atoms with Crippen LogP contribution in [0.25, 0.3) is 0 Å². The maximum absolute atomic E-state index is 12.8. The smallest absolute Gasteiger partial charge is 0.230 e. The zero-order chi connectivity index (χ0) is 14.0. The molecule has 0 aliphatic carbocycles. The number of nitrogens with one attached hydrogen (secondary N) is 1. The molecule has 2 saturated heterocycles. The largest absolute Gasteiger partial charge is 0.497 e. The van der Waals surface area contributed by atoms with E-state index in [1.165, 1.54) is 0 Å². The molecular formula is C16H22N2O2. The summed E-state index contributed by atoms with van der Waals surface area (Å²) >= 11 is 0. The average Bonchev–Trinajstić information content (AvgIpc) is 2.94. The number of ether oxygens (including phenoxy) is 1. The summed E-state index contributed by atoms with van der Waals surface area (Å²) in [7, 11) is 1.67. The van der Waals surface area contributed by atoms with Gasteiger partial charge in [-0.15, -0.1) is 0 Å². The molecule has 1 amide bonds. The second-order valence-corrected chi connectivity index (χ2v) is 5.89. The van der Waals surface area contributed by atoms with Crippen LogP contribution in [0.2, 0.25) is 0 Å². The number of carbonyl (C=O) groups is 1. The Morgan fingerprint density at radius 2 is 2.30 bits per heavy atom. The molecule has 20 heavy (non-hydrogen) atoms. The summed E-state index contributed by atoms with van der Waals surface area (Å²) in [5.41, 5.74) is 1.01. The van der Waals surface area contributed by atoms with Gasteiger partial charge in [-0.1, -0.05) is 12.1 Å². The monoisotopic (exact) mass is 274 g/mol. The number of carbonyl (C=O) groups excluding carboxylic acids is 1. The first-order valence-electron chi connectivity index (χ1n) is 7.37. The minimum absolute atomic E-state index is 0.128. The van der Waals surface area contributed by atoms with Gasteiger partial charge in [0.2, 0.25) is 5.91 Å². The fraction of sp³-hybridized carbons (Fsp3) is 0.562. The SMILES string of the molecule is COc1cccc(CN2CCC[C@]3(CCNC3)C2=O)c1. The standard InChI is InChI=1S/C16H22N2O2/c1-20-14-5-2-4-13(10-14)11-18-9-3-6-16(15(18)19)7-8-17-12-16/h2,4-5,10,17H,3,6-9,11-12H2,1H3/t16-/m1/s1. The van der Waals surface area contributed by atoms with E-state index in [2.05, 4.69) is 11.4 Å². The lowest BCUT2D eigenvalue weighted by atomic mass is 9.78. The molecule has 0 aromatic heterocycles. The molecule has 1 atom stereocenters. The lowest BCUT2D eigenvalue weighted by Gasteiger charge is -2.39. The number of piperidine rings is 1. The van der Waals surface area contributed by atoms with E-state index < -0.39 is 0 Å². The zero-order valence-electron chi connectivity index (χ0n) is 12.0. The van der Waals surface area contributed by atoms with Crippen molar-refractivity contribution >= 4 is 5.91 Å². The van der Waals surface area contributed by atoms with Crippen LogP contribution < -0.4 is 10.1 Å². The minimum Gasteiger partial charge on any atom is -0.497 e. The topological polar surface area (TPSA) is 41.6 Å². The number of methoxy groups -OCH3 is 1. The second kappa shape index (κ2) is 5.44. The van der Waals surface area contributed by atoms with Crippen molar-refractivity contribution in [1.29, 1.82) is 0 Å². The summed E-state index contributed by atoms with van der Waals surface area (Å²) < 4.78 is 5.25. The maximum atomic E-state index is 12.8. The van der Waals surface area contributed by atoms with E-state index in [4.69, 9.17) is 4.74 Å². The van der Waals surface area contributed by atoms with Crippen LogP contribution in [-0.2, 0) is 11.3 Å². The van der Waals surface area contributed by atoms with Crippen molar-refractivity contribution < 1.29 is 9.53 Å². The Balaban J connectivity index is 1.74. The van der Waals surface area contributed by atoms with Gasteiger partial charge in [-0.2, -0.15) is 0 Å². The highest BCUT2D eigenvalue weighted by Crippen LogP contribution is 2.37. The van der Waals surface area contributed by atoms with Crippen molar-refractivity contribution in [2.24, 2.45) is 5.41 Å². The first-order chi connectivity index (χ1) is 9.73. The Kier molecular flexibility index (Phi) is 3.66. The Hall–Kier alpha value is -1.55. The van der Waals surface area contributed by atoms with Crippen LogP contribution in [0.1, 0.15) is 24.8 Å². The molecule has 4 nitrogen and oxygen atoms in total. The Bertz CT molecular complexity index is 495. The number of likely N-dealkylation sites (tertiary alicyclic amines) is 1. The van der Waals surface area contributed by atoms with Gasteiger partial charge in [0.15, 0.2) is 0 Å². The van der Waals surface area contributed by atoms with Crippen molar-refractivity contribution in [3.63, 3.8) is 0 Å². The van der Waals surface area contributed by atoms with Crippen LogP contribution in [0.5, 0.6) is 5.75 Å². The van der Waals surface area contributed by atoms with E-state index in [1.807, 2.05) is 23.1 Å². The van der Waals surface area contributed by atoms with E-state index in [0.717, 1.165) is 50.2 Å². The van der Waals surface area contributed by atoms with Crippen LogP contribution in [-0.4, -0.2) is 37.6 Å². The van der Waals surface area contributed by atoms with Gasteiger partial charge in [-0.05, 0) is 43.5 Å². The number of benzene rings is 1. The molecule has 108 valence electrons. The summed E-state index contributed by atoms with van der Waals surface area (Å²) in [5, 5.41) is 3.35. The van der Waals surface area contributed by atoms with Gasteiger partial charge in [0.05, 0.1) is 12.5 Å². The first kappa shape index (κ1) is 13.4. The third kappa shape index (κ3) is 2.40. The molecule has 1 spiro atoms. The highest BCUT2D eigenvalue weighted by atomic mass is 16.5. The molecule has 2 aliphatic heterocycles. The van der Waals surface area contributed by atoms with E-state index in [1.54, 1.807) is 7.11 Å². The van der Waals surface area contributed by atoms with Gasteiger partial charge in [0.25, 0.3) is 0 Å². The quantitative estimate of drug-likeness (QED) is 0.914. The zero-order valence-corrected chi connectivity index (χ0v) is 12.0. The lowest BCUT2D eigenvalue weighted by Crippen LogP contribution is -2.49. The fourth-order valence-electron chi connectivity index (χ4n) is 3.43. The first-order valence-corrected chi connectivity index (χ1v) is 7.37. The Labute approximate surface area is 120 Å². The van der Waals surface area contributed by atoms with Crippen molar-refractivity contribution in [1.82, 2.24) is 10.2 Å². The predicted octanol–water partition coefficient (Wildman–Crippen LogP) is 1.80. The molecule has 2 fully saturated rings. The van der Waals surface area contributed by atoms with E-state index in [0.29, 0.717) is 12.5 Å². The third-order valence-electron chi connectivity index (χ3n) is 4.58. The van der Waals surface area contributed by atoms with Gasteiger partial charge in [-0.25, -0.2) is 0 Å². The molecule has 3 rings (SSSR count). The molecule has 2 aliphatic rings. The Morgan fingerprint density at radius 1 is 1.40 bits per heavy atom. The van der Waals surface area contributed by atoms with Gasteiger partial charge in [-0.3, -0.25) is 4.79 Å². The van der Waals surface area contributed by atoms with Crippen molar-refractivity contribution in [2.75, 3.05) is 26.7 Å². The number of amides is 1. The molecule has 1 aromatic carbocycles. The average molecular weight is 274 g/mol. The molecule has 0 bridgehead atoms. The second-order valence-electron chi connectivity index (χ2n) is 5.89. The predicted molar refractivity (Wildman–Crippen MR) is 77.6 cm³/mol. The van der Waals surface area contributed by atoms with Gasteiger partial charge < -0.3 is 15.0 Å². The van der Waals surface area contributed by atoms with Crippen LogP contribution in [0, 0.1) is 5.41 Å². The number of hydrogen-bond donors (Lipinski definition) is 1. The van der Waals surface area contributed by atoms with Crippen molar-refractivity contribution in [3.8, 4) is 5.75 Å². The third-order valence-corrected chi connectivity index (χ3v) is 4.58. The molecule has 2 heterocycles. The van der Waals surface area contributed by atoms with Crippen LogP contribution in [0.15, 0.2) is 24.3 Å². The van der Waals surface area contributed by atoms with E-state index in [-0.39, 0.29) is 5.41 Å². The highest BCUT2D eigenvalue weighted by molar-refractivity contribution is 5.84. The minimum atomic E-state index is -0.128. The summed E-state index contributed by atoms with van der Waals surface area (Å²) in [6, 6.07) is 7.99. The van der Waals surface area contributed by atoms with Crippen LogP contribution in [0.4, 0.5) is 0 Å². The summed E-state index contributed by atoms with van der Waals surface area (Å²) in [4.78, 5) is 14.8. The molecule has 0 saturated carbocycles.